The van der Waals surface area contributed by atoms with Crippen LogP contribution in [0.1, 0.15) is 0 Å². The molecule has 0 radical (unpaired) electrons. The molecule has 2 heterocycles. The summed E-state index contributed by atoms with van der Waals surface area (Å²) >= 11 is 0. The van der Waals surface area contributed by atoms with Crippen LogP contribution in [0.3, 0.4) is 0 Å². The Morgan fingerprint density at radius 2 is 1.61 bits per heavy atom. The third-order valence-electron chi connectivity index (χ3n) is 2.68. The van der Waals surface area contributed by atoms with Gasteiger partial charge in [0.2, 0.25) is 12.0 Å². The fraction of sp³-hybridized carbons (Fsp3) is 0. The monoisotopic (exact) mass is 340 g/mol. The van der Waals surface area contributed by atoms with Gasteiger partial charge in [0.25, 0.3) is 5.69 Å². The molecule has 1 aromatic carbocycles. The van der Waals surface area contributed by atoms with Crippen LogP contribution in [0.4, 0.5) is 5.69 Å². The van der Waals surface area contributed by atoms with E-state index in [-0.39, 0.29) is 5.69 Å². The predicted molar refractivity (Wildman–Crippen MR) is 64.0 cm³/mol. The Bertz CT molecular complexity index is 772. The van der Waals surface area contributed by atoms with Crippen molar-refractivity contribution in [2.45, 2.75) is 0 Å². The fourth-order valence-corrected chi connectivity index (χ4v) is 1.78. The number of benzene rings is 1. The summed E-state index contributed by atoms with van der Waals surface area (Å²) in [7, 11) is -4.94. The number of rotatable bonds is 2. The van der Waals surface area contributed by atoms with Crippen molar-refractivity contribution in [1.82, 2.24) is 0 Å². The van der Waals surface area contributed by atoms with Crippen molar-refractivity contribution < 1.29 is 42.6 Å². The zero-order valence-electron chi connectivity index (χ0n) is 11.3. The summed E-state index contributed by atoms with van der Waals surface area (Å²) in [6.45, 7) is 0. The molecule has 3 rings (SSSR count). The van der Waals surface area contributed by atoms with Gasteiger partial charge in [-0.15, -0.1) is 14.6 Å². The minimum atomic E-state index is -4.94. The number of fused-ring (bicyclic) bond motifs is 1. The van der Waals surface area contributed by atoms with Crippen LogP contribution in [-0.4, -0.2) is 4.92 Å². The number of halogens is 1. The summed E-state index contributed by atoms with van der Waals surface area (Å²) in [5.74, 6) is 0.677. The Morgan fingerprint density at radius 1 is 1.00 bits per heavy atom. The van der Waals surface area contributed by atoms with Gasteiger partial charge in [0.1, 0.15) is 0 Å². The molecule has 0 aliphatic rings. The van der Waals surface area contributed by atoms with E-state index in [1.165, 1.54) is 12.1 Å². The highest BCUT2D eigenvalue weighted by Gasteiger charge is 2.13. The van der Waals surface area contributed by atoms with E-state index >= 15 is 0 Å². The van der Waals surface area contributed by atoms with Gasteiger partial charge in [-0.05, 0) is 18.2 Å². The van der Waals surface area contributed by atoms with Crippen molar-refractivity contribution >= 4 is 11.4 Å². The zero-order valence-corrected chi connectivity index (χ0v) is 12.1. The first-order chi connectivity index (χ1) is 10.7. The molecular weight excluding hydrogens is 332 g/mol. The maximum atomic E-state index is 10.6. The topological polar surface area (TPSA) is 153 Å². The largest absolute Gasteiger partial charge is 0.398 e. The Labute approximate surface area is 131 Å². The molecular formula is C13H9ClN2O7. The number of pyridine rings is 1. The van der Waals surface area contributed by atoms with Crippen LogP contribution in [0.5, 0.6) is 0 Å². The van der Waals surface area contributed by atoms with Gasteiger partial charge in [0, 0.05) is 23.8 Å². The molecule has 23 heavy (non-hydrogen) atoms. The second-order valence-electron chi connectivity index (χ2n) is 4.22. The molecule has 2 aromatic heterocycles. The lowest BCUT2D eigenvalue weighted by Crippen LogP contribution is -2.68. The Hall–Kier alpha value is -2.56. The van der Waals surface area contributed by atoms with Gasteiger partial charge in [-0.3, -0.25) is 10.1 Å². The van der Waals surface area contributed by atoms with E-state index in [1.54, 1.807) is 12.1 Å². The first-order valence-electron chi connectivity index (χ1n) is 6.00. The number of hydrogen-bond donors (Lipinski definition) is 0. The van der Waals surface area contributed by atoms with Crippen molar-refractivity contribution in [2.24, 2.45) is 0 Å². The number of hydrogen-bond acceptors (Lipinski definition) is 7. The van der Waals surface area contributed by atoms with Crippen LogP contribution >= 0.6 is 0 Å². The van der Waals surface area contributed by atoms with E-state index in [0.29, 0.717) is 5.76 Å². The molecule has 10 heteroatoms. The van der Waals surface area contributed by atoms with E-state index in [4.69, 9.17) is 23.1 Å². The van der Waals surface area contributed by atoms with Crippen LogP contribution < -0.4 is 23.0 Å². The van der Waals surface area contributed by atoms with Crippen molar-refractivity contribution in [3.8, 4) is 11.3 Å². The Balaban J connectivity index is 0.000000338. The van der Waals surface area contributed by atoms with Gasteiger partial charge in [-0.1, -0.05) is 0 Å². The van der Waals surface area contributed by atoms with Crippen molar-refractivity contribution in [1.29, 1.82) is 0 Å². The van der Waals surface area contributed by atoms with Crippen LogP contribution in [0, 0.1) is 20.4 Å². The van der Waals surface area contributed by atoms with Crippen molar-refractivity contribution in [3.63, 3.8) is 0 Å². The molecule has 0 aliphatic carbocycles. The van der Waals surface area contributed by atoms with Crippen molar-refractivity contribution in [2.75, 3.05) is 0 Å². The summed E-state index contributed by atoms with van der Waals surface area (Å²) in [6, 6.07) is 11.9. The molecule has 0 unspecified atom stereocenters. The smallest absolute Gasteiger partial charge is 0.379 e. The zero-order chi connectivity index (χ0) is 17.0. The summed E-state index contributed by atoms with van der Waals surface area (Å²) in [5.41, 5.74) is 1.61. The Kier molecular flexibility index (Phi) is 4.89. The van der Waals surface area contributed by atoms with Gasteiger partial charge < -0.3 is 4.42 Å². The second kappa shape index (κ2) is 6.69. The number of nitrogens with zero attached hydrogens (tertiary/aromatic N) is 2. The lowest BCUT2D eigenvalue weighted by atomic mass is 10.2. The highest BCUT2D eigenvalue weighted by Crippen LogP contribution is 2.22. The molecule has 0 spiro atoms. The molecule has 9 nitrogen and oxygen atoms in total. The van der Waals surface area contributed by atoms with Gasteiger partial charge in [0.05, 0.1) is 11.0 Å². The molecule has 3 aromatic rings. The maximum absolute atomic E-state index is 10.6. The summed E-state index contributed by atoms with van der Waals surface area (Å²) in [6.07, 6.45) is 3.73. The average Bonchev–Trinajstić information content (AvgIpc) is 2.89. The summed E-state index contributed by atoms with van der Waals surface area (Å²) < 4.78 is 41.5. The van der Waals surface area contributed by atoms with E-state index in [0.717, 1.165) is 11.3 Å². The predicted octanol–water partition coefficient (Wildman–Crippen LogP) is -2.16. The minimum Gasteiger partial charge on any atom is -0.398 e. The van der Waals surface area contributed by atoms with Crippen LogP contribution in [0.2, 0.25) is 0 Å². The first kappa shape index (κ1) is 16.8. The van der Waals surface area contributed by atoms with Gasteiger partial charge in [0.15, 0.2) is 6.20 Å². The van der Waals surface area contributed by atoms with E-state index in [9.17, 15) is 10.1 Å². The molecule has 0 bridgehead atoms. The van der Waals surface area contributed by atoms with Crippen LogP contribution in [0.15, 0.2) is 59.3 Å². The molecule has 0 saturated heterocycles. The minimum absolute atomic E-state index is 0.0718. The fourth-order valence-electron chi connectivity index (χ4n) is 1.78. The molecule has 0 fully saturated rings. The highest BCUT2D eigenvalue weighted by molar-refractivity contribution is 5.58. The molecule has 0 aliphatic heterocycles. The maximum Gasteiger partial charge on any atom is 0.379 e. The van der Waals surface area contributed by atoms with Gasteiger partial charge >= 0.3 is 5.71 Å². The molecule has 0 saturated carbocycles. The number of oxazole rings is 1. The van der Waals surface area contributed by atoms with Crippen molar-refractivity contribution in [3.05, 3.63) is 65.0 Å². The lowest BCUT2D eigenvalue weighted by molar-refractivity contribution is -2.00. The standard InChI is InChI=1S/C13H9N2O3.ClHO4/c16-15(17)11-6-4-10(5-7-11)12-9-14-8-2-1-3-13(14)18-12;2-1(3,4)5/h1-9H;(H,2,3,4,5)/q+1;/p-1. The normalized spacial score (nSPS) is 11.0. The third-order valence-corrected chi connectivity index (χ3v) is 2.68. The number of non-ortho nitro benzene ring substituents is 1. The summed E-state index contributed by atoms with van der Waals surface area (Å²) in [4.78, 5) is 10.1. The molecule has 0 amide bonds. The number of aromatic nitrogens is 1. The molecule has 0 atom stereocenters. The number of nitro groups is 1. The second-order valence-corrected chi connectivity index (χ2v) is 4.98. The molecule has 0 N–H and O–H groups in total. The van der Waals surface area contributed by atoms with E-state index < -0.39 is 15.2 Å². The van der Waals surface area contributed by atoms with E-state index in [1.807, 2.05) is 35.0 Å². The Morgan fingerprint density at radius 3 is 2.13 bits per heavy atom. The quantitative estimate of drug-likeness (QED) is 0.292. The van der Waals surface area contributed by atoms with Crippen LogP contribution in [-0.2, 0) is 0 Å². The summed E-state index contributed by atoms with van der Waals surface area (Å²) in [5, 5.41) is 10.6. The van der Waals surface area contributed by atoms with Gasteiger partial charge in [-0.2, -0.15) is 0 Å². The first-order valence-corrected chi connectivity index (χ1v) is 7.24. The highest BCUT2D eigenvalue weighted by atomic mass is 35.7. The number of nitro benzene ring substituents is 1. The lowest BCUT2D eigenvalue weighted by Gasteiger charge is -2.17. The van der Waals surface area contributed by atoms with Crippen LogP contribution in [0.25, 0.3) is 17.0 Å². The SMILES string of the molecule is O=[N+]([O-])c1ccc(-c2c[n+]3ccccc3o2)cc1.[O-][Cl+3]([O-])([O-])[O-]. The van der Waals surface area contributed by atoms with E-state index in [2.05, 4.69) is 0 Å². The third kappa shape index (κ3) is 4.98. The van der Waals surface area contributed by atoms with Gasteiger partial charge in [-0.25, -0.2) is 18.6 Å². The molecule has 120 valence electrons. The average molecular weight is 341 g/mol.